The van der Waals surface area contributed by atoms with Crippen LogP contribution in [0.15, 0.2) is 24.3 Å². The van der Waals surface area contributed by atoms with Crippen LogP contribution in [-0.2, 0) is 4.79 Å². The molecule has 1 amide bonds. The maximum Gasteiger partial charge on any atom is 0.335 e. The van der Waals surface area contributed by atoms with Crippen molar-refractivity contribution in [2.45, 2.75) is 19.8 Å². The van der Waals surface area contributed by atoms with Gasteiger partial charge in [0, 0.05) is 13.0 Å². The van der Waals surface area contributed by atoms with Crippen LogP contribution in [0.3, 0.4) is 0 Å². The zero-order chi connectivity index (χ0) is 14.5. The topological polar surface area (TPSA) is 66.8 Å². The highest BCUT2D eigenvalue weighted by atomic mass is 16.5. The number of ether oxygens (including phenoxy) is 1. The summed E-state index contributed by atoms with van der Waals surface area (Å²) < 4.78 is 5.53. The van der Waals surface area contributed by atoms with Gasteiger partial charge in [0.2, 0.25) is 5.91 Å². The first-order valence-electron chi connectivity index (χ1n) is 6.84. The second-order valence-electron chi connectivity index (χ2n) is 5.00. The van der Waals surface area contributed by atoms with Gasteiger partial charge in [0.15, 0.2) is 0 Å². The summed E-state index contributed by atoms with van der Waals surface area (Å²) in [4.78, 5) is 24.3. The van der Waals surface area contributed by atoms with Crippen molar-refractivity contribution in [2.24, 2.45) is 5.92 Å². The Balaban J connectivity index is 1.78. The molecule has 20 heavy (non-hydrogen) atoms. The van der Waals surface area contributed by atoms with E-state index in [1.165, 1.54) is 12.1 Å². The summed E-state index contributed by atoms with van der Waals surface area (Å²) in [5.41, 5.74) is 0.234. The van der Waals surface area contributed by atoms with E-state index in [0.29, 0.717) is 31.2 Å². The molecule has 1 aliphatic heterocycles. The zero-order valence-corrected chi connectivity index (χ0v) is 11.5. The summed E-state index contributed by atoms with van der Waals surface area (Å²) in [7, 11) is 0. The van der Waals surface area contributed by atoms with Crippen LogP contribution in [0.5, 0.6) is 5.75 Å². The van der Waals surface area contributed by atoms with Crippen molar-refractivity contribution in [3.8, 4) is 5.75 Å². The van der Waals surface area contributed by atoms with E-state index in [1.54, 1.807) is 12.1 Å². The highest BCUT2D eigenvalue weighted by Crippen LogP contribution is 2.20. The Morgan fingerprint density at radius 2 is 2.10 bits per heavy atom. The number of hydrogen-bond donors (Lipinski definition) is 1. The Morgan fingerprint density at radius 3 is 2.65 bits per heavy atom. The number of benzene rings is 1. The molecule has 5 heteroatoms. The molecule has 1 aromatic carbocycles. The molecule has 0 saturated carbocycles. The molecule has 2 rings (SSSR count). The van der Waals surface area contributed by atoms with Crippen LogP contribution < -0.4 is 4.74 Å². The van der Waals surface area contributed by atoms with Gasteiger partial charge in [-0.1, -0.05) is 13.3 Å². The van der Waals surface area contributed by atoms with Gasteiger partial charge in [-0.2, -0.15) is 0 Å². The number of rotatable bonds is 6. The van der Waals surface area contributed by atoms with Crippen LogP contribution >= 0.6 is 0 Å². The van der Waals surface area contributed by atoms with Crippen LogP contribution in [0.25, 0.3) is 0 Å². The molecule has 1 aromatic rings. The number of nitrogens with zero attached hydrogens (tertiary/aromatic N) is 1. The molecule has 1 atom stereocenters. The molecule has 1 aliphatic rings. The summed E-state index contributed by atoms with van der Waals surface area (Å²) in [6, 6.07) is 6.27. The van der Waals surface area contributed by atoms with Gasteiger partial charge in [0.1, 0.15) is 12.4 Å². The lowest BCUT2D eigenvalue weighted by atomic mass is 10.1. The fourth-order valence-electron chi connectivity index (χ4n) is 2.31. The Bertz CT molecular complexity index is 483. The van der Waals surface area contributed by atoms with E-state index in [1.807, 2.05) is 4.90 Å². The molecule has 0 aromatic heterocycles. The van der Waals surface area contributed by atoms with Gasteiger partial charge in [-0.25, -0.2) is 4.79 Å². The van der Waals surface area contributed by atoms with E-state index in [2.05, 4.69) is 6.92 Å². The molecule has 0 aliphatic carbocycles. The van der Waals surface area contributed by atoms with E-state index in [9.17, 15) is 9.59 Å². The number of amides is 1. The van der Waals surface area contributed by atoms with Gasteiger partial charge < -0.3 is 14.7 Å². The predicted molar refractivity (Wildman–Crippen MR) is 73.9 cm³/mol. The average Bonchev–Trinajstić information content (AvgIpc) is 2.80. The number of aromatic carboxylic acids is 1. The van der Waals surface area contributed by atoms with E-state index >= 15 is 0 Å². The second-order valence-corrected chi connectivity index (χ2v) is 5.00. The summed E-state index contributed by atoms with van der Waals surface area (Å²) in [6.07, 6.45) is 1.67. The number of likely N-dealkylation sites (tertiary alicyclic amines) is 1. The SMILES string of the molecule is CCC1CC(=O)N(CCOc2ccc(C(=O)O)cc2)C1. The highest BCUT2D eigenvalue weighted by Gasteiger charge is 2.27. The highest BCUT2D eigenvalue weighted by molar-refractivity contribution is 5.87. The van der Waals surface area contributed by atoms with Gasteiger partial charge in [-0.15, -0.1) is 0 Å². The average molecular weight is 277 g/mol. The first kappa shape index (κ1) is 14.4. The molecule has 0 bridgehead atoms. The Labute approximate surface area is 118 Å². The minimum absolute atomic E-state index is 0.196. The number of carbonyl (C=O) groups excluding carboxylic acids is 1. The molecule has 1 heterocycles. The van der Waals surface area contributed by atoms with Crippen LogP contribution in [0.4, 0.5) is 0 Å². The third kappa shape index (κ3) is 3.50. The maximum absolute atomic E-state index is 11.7. The number of hydrogen-bond acceptors (Lipinski definition) is 3. The smallest absolute Gasteiger partial charge is 0.335 e. The molecule has 0 spiro atoms. The lowest BCUT2D eigenvalue weighted by molar-refractivity contribution is -0.128. The van der Waals surface area contributed by atoms with Crippen molar-refractivity contribution in [1.82, 2.24) is 4.90 Å². The first-order chi connectivity index (χ1) is 9.60. The van der Waals surface area contributed by atoms with E-state index in [0.717, 1.165) is 13.0 Å². The molecule has 1 fully saturated rings. The summed E-state index contributed by atoms with van der Waals surface area (Å²) in [5, 5.41) is 8.79. The molecule has 1 N–H and O–H groups in total. The predicted octanol–water partition coefficient (Wildman–Crippen LogP) is 2.02. The normalized spacial score (nSPS) is 18.4. The molecule has 108 valence electrons. The van der Waals surface area contributed by atoms with Crippen molar-refractivity contribution in [3.05, 3.63) is 29.8 Å². The molecule has 0 radical (unpaired) electrons. The van der Waals surface area contributed by atoms with Crippen LogP contribution in [0.2, 0.25) is 0 Å². The van der Waals surface area contributed by atoms with E-state index in [4.69, 9.17) is 9.84 Å². The van der Waals surface area contributed by atoms with Crippen molar-refractivity contribution >= 4 is 11.9 Å². The summed E-state index contributed by atoms with van der Waals surface area (Å²) in [6.45, 7) is 3.92. The van der Waals surface area contributed by atoms with Crippen LogP contribution in [0, 0.1) is 5.92 Å². The lowest BCUT2D eigenvalue weighted by Crippen LogP contribution is -2.29. The van der Waals surface area contributed by atoms with Gasteiger partial charge in [0.05, 0.1) is 12.1 Å². The zero-order valence-electron chi connectivity index (χ0n) is 11.5. The van der Waals surface area contributed by atoms with Gasteiger partial charge in [0.25, 0.3) is 0 Å². The maximum atomic E-state index is 11.7. The van der Waals surface area contributed by atoms with Crippen molar-refractivity contribution in [3.63, 3.8) is 0 Å². The van der Waals surface area contributed by atoms with Crippen molar-refractivity contribution in [1.29, 1.82) is 0 Å². The monoisotopic (exact) mass is 277 g/mol. The number of carbonyl (C=O) groups is 2. The number of carboxylic acids is 1. The summed E-state index contributed by atoms with van der Waals surface area (Å²) >= 11 is 0. The number of carboxylic acid groups (broad SMARTS) is 1. The first-order valence-corrected chi connectivity index (χ1v) is 6.84. The Morgan fingerprint density at radius 1 is 1.40 bits per heavy atom. The van der Waals surface area contributed by atoms with E-state index in [-0.39, 0.29) is 11.5 Å². The fraction of sp³-hybridized carbons (Fsp3) is 0.467. The Hall–Kier alpha value is -2.04. The molecule has 5 nitrogen and oxygen atoms in total. The van der Waals surface area contributed by atoms with Gasteiger partial charge in [-0.3, -0.25) is 4.79 Å². The molecule has 1 unspecified atom stereocenters. The van der Waals surface area contributed by atoms with E-state index < -0.39 is 5.97 Å². The standard InChI is InChI=1S/C15H19NO4/c1-2-11-9-14(17)16(10-11)7-8-20-13-5-3-12(4-6-13)15(18)19/h3-6,11H,2,7-10H2,1H3,(H,18,19). The minimum Gasteiger partial charge on any atom is -0.492 e. The minimum atomic E-state index is -0.954. The lowest BCUT2D eigenvalue weighted by Gasteiger charge is -2.16. The Kier molecular flexibility index (Phi) is 4.61. The van der Waals surface area contributed by atoms with Crippen molar-refractivity contribution in [2.75, 3.05) is 19.7 Å². The molecular weight excluding hydrogens is 258 g/mol. The van der Waals surface area contributed by atoms with Crippen molar-refractivity contribution < 1.29 is 19.4 Å². The quantitative estimate of drug-likeness (QED) is 0.864. The largest absolute Gasteiger partial charge is 0.492 e. The second kappa shape index (κ2) is 6.41. The third-order valence-corrected chi connectivity index (χ3v) is 3.60. The summed E-state index contributed by atoms with van der Waals surface area (Å²) in [5.74, 6) is 0.331. The molecule has 1 saturated heterocycles. The van der Waals surface area contributed by atoms with Gasteiger partial charge >= 0.3 is 5.97 Å². The van der Waals surface area contributed by atoms with Crippen LogP contribution in [-0.4, -0.2) is 41.6 Å². The van der Waals surface area contributed by atoms with Gasteiger partial charge in [-0.05, 0) is 30.2 Å². The molecular formula is C15H19NO4. The van der Waals surface area contributed by atoms with Crippen LogP contribution in [0.1, 0.15) is 30.1 Å². The third-order valence-electron chi connectivity index (χ3n) is 3.60. The fourth-order valence-corrected chi connectivity index (χ4v) is 2.31.